The van der Waals surface area contributed by atoms with E-state index in [0.29, 0.717) is 15.9 Å². The molecule has 1 aliphatic heterocycles. The van der Waals surface area contributed by atoms with Gasteiger partial charge in [-0.3, -0.25) is 0 Å². The largest absolute Gasteiger partial charge is 0.344 e. The van der Waals surface area contributed by atoms with Crippen LogP contribution in [0.2, 0.25) is 0 Å². The molecule has 0 saturated carbocycles. The molecule has 0 aromatic heterocycles. The number of benzene rings is 2. The summed E-state index contributed by atoms with van der Waals surface area (Å²) in [4.78, 5) is 1.71. The maximum Gasteiger partial charge on any atom is 0.136 e. The maximum absolute atomic E-state index is 14.5. The molecule has 2 aromatic rings. The Morgan fingerprint density at radius 3 is 2.08 bits per heavy atom. The standard InChI is InChI=1S/C19H14BrF2N.C2H6/c1-12-8-9-15(13-6-4-3-5-7-13)19(23(12)2)18-16(21)10-14(20)11-17(18)22;1-2/h3-11H,1H2,2H3;1-2H3. The Balaban J connectivity index is 0.00000109. The lowest BCUT2D eigenvalue weighted by molar-refractivity contribution is 0.550. The number of hydrogen-bond donors (Lipinski definition) is 0. The molecule has 4 heteroatoms. The van der Waals surface area contributed by atoms with E-state index in [-0.39, 0.29) is 5.56 Å². The number of nitrogens with zero attached hydrogens (tertiary/aromatic N) is 1. The predicted molar refractivity (Wildman–Crippen MR) is 105 cm³/mol. The number of rotatable bonds is 2. The molecular weight excluding hydrogens is 384 g/mol. The molecule has 0 radical (unpaired) electrons. The molecule has 0 spiro atoms. The van der Waals surface area contributed by atoms with Crippen molar-refractivity contribution in [2.75, 3.05) is 7.05 Å². The van der Waals surface area contributed by atoms with Gasteiger partial charge in [-0.1, -0.05) is 72.8 Å². The fourth-order valence-electron chi connectivity index (χ4n) is 2.62. The Morgan fingerprint density at radius 2 is 1.52 bits per heavy atom. The van der Waals surface area contributed by atoms with Crippen molar-refractivity contribution in [3.8, 4) is 0 Å². The average Bonchev–Trinajstić information content (AvgIpc) is 2.60. The zero-order chi connectivity index (χ0) is 18.6. The minimum atomic E-state index is -0.616. The SMILES string of the molecule is C=C1C=CC(c2ccccc2)=C(c2c(F)cc(Br)cc2F)N1C.CC. The molecule has 0 fully saturated rings. The van der Waals surface area contributed by atoms with Gasteiger partial charge in [0, 0.05) is 22.8 Å². The third-order valence-electron chi connectivity index (χ3n) is 3.79. The van der Waals surface area contributed by atoms with Gasteiger partial charge in [-0.05, 0) is 23.8 Å². The van der Waals surface area contributed by atoms with Crippen molar-refractivity contribution in [1.29, 1.82) is 0 Å². The first-order valence-corrected chi connectivity index (χ1v) is 8.83. The van der Waals surface area contributed by atoms with Crippen molar-refractivity contribution in [1.82, 2.24) is 4.90 Å². The number of halogens is 3. The monoisotopic (exact) mass is 403 g/mol. The van der Waals surface area contributed by atoms with E-state index in [1.807, 2.05) is 56.3 Å². The minimum absolute atomic E-state index is 0.0555. The average molecular weight is 404 g/mol. The number of allylic oxidation sites excluding steroid dienone is 3. The quantitative estimate of drug-likeness (QED) is 0.543. The van der Waals surface area contributed by atoms with Crippen molar-refractivity contribution in [2.24, 2.45) is 0 Å². The van der Waals surface area contributed by atoms with Gasteiger partial charge < -0.3 is 4.90 Å². The van der Waals surface area contributed by atoms with Gasteiger partial charge in [0.25, 0.3) is 0 Å². The van der Waals surface area contributed by atoms with Crippen LogP contribution in [0.1, 0.15) is 25.0 Å². The first-order valence-electron chi connectivity index (χ1n) is 8.04. The molecule has 0 atom stereocenters. The van der Waals surface area contributed by atoms with Crippen molar-refractivity contribution in [3.63, 3.8) is 0 Å². The fourth-order valence-corrected chi connectivity index (χ4v) is 3.02. The molecule has 1 aliphatic rings. The third-order valence-corrected chi connectivity index (χ3v) is 4.25. The molecule has 3 rings (SSSR count). The smallest absolute Gasteiger partial charge is 0.136 e. The molecule has 0 unspecified atom stereocenters. The van der Waals surface area contributed by atoms with Gasteiger partial charge in [-0.25, -0.2) is 8.78 Å². The highest BCUT2D eigenvalue weighted by Gasteiger charge is 2.25. The molecule has 0 saturated heterocycles. The van der Waals surface area contributed by atoms with Crippen molar-refractivity contribution in [3.05, 3.63) is 94.1 Å². The second-order valence-electron chi connectivity index (χ2n) is 5.26. The Morgan fingerprint density at radius 1 is 0.960 bits per heavy atom. The van der Waals surface area contributed by atoms with Crippen LogP contribution in [0.4, 0.5) is 8.78 Å². The molecule has 0 aliphatic carbocycles. The zero-order valence-corrected chi connectivity index (χ0v) is 16.1. The predicted octanol–water partition coefficient (Wildman–Crippen LogP) is 6.64. The van der Waals surface area contributed by atoms with Crippen molar-refractivity contribution < 1.29 is 8.78 Å². The molecular formula is C21H20BrF2N. The summed E-state index contributed by atoms with van der Waals surface area (Å²) in [5.74, 6) is -1.23. The summed E-state index contributed by atoms with van der Waals surface area (Å²) < 4.78 is 29.4. The van der Waals surface area contributed by atoms with Crippen LogP contribution in [0.3, 0.4) is 0 Å². The molecule has 1 heterocycles. The Labute approximate surface area is 156 Å². The van der Waals surface area contributed by atoms with E-state index in [2.05, 4.69) is 22.5 Å². The highest BCUT2D eigenvalue weighted by Crippen LogP contribution is 2.38. The zero-order valence-electron chi connectivity index (χ0n) is 14.5. The molecule has 0 bridgehead atoms. The van der Waals surface area contributed by atoms with E-state index in [1.165, 1.54) is 12.1 Å². The van der Waals surface area contributed by atoms with Crippen molar-refractivity contribution in [2.45, 2.75) is 13.8 Å². The van der Waals surface area contributed by atoms with E-state index < -0.39 is 11.6 Å². The molecule has 25 heavy (non-hydrogen) atoms. The lowest BCUT2D eigenvalue weighted by Crippen LogP contribution is -2.20. The van der Waals surface area contributed by atoms with Gasteiger partial charge in [0.2, 0.25) is 0 Å². The Bertz CT molecular complexity index is 815. The second kappa shape index (κ2) is 8.26. The summed E-state index contributed by atoms with van der Waals surface area (Å²) in [5, 5.41) is 0. The van der Waals surface area contributed by atoms with E-state index in [9.17, 15) is 8.78 Å². The maximum atomic E-state index is 14.5. The summed E-state index contributed by atoms with van der Waals surface area (Å²) in [6, 6.07) is 12.1. The van der Waals surface area contributed by atoms with Crippen molar-refractivity contribution >= 4 is 27.2 Å². The minimum Gasteiger partial charge on any atom is -0.344 e. The van der Waals surface area contributed by atoms with Crippen LogP contribution in [-0.4, -0.2) is 11.9 Å². The summed E-state index contributed by atoms with van der Waals surface area (Å²) in [7, 11) is 1.75. The number of hydrogen-bond acceptors (Lipinski definition) is 1. The van der Waals surface area contributed by atoms with E-state index in [1.54, 1.807) is 11.9 Å². The van der Waals surface area contributed by atoms with E-state index in [0.717, 1.165) is 11.1 Å². The Kier molecular flexibility index (Phi) is 6.32. The van der Waals surface area contributed by atoms with E-state index in [4.69, 9.17) is 0 Å². The van der Waals surface area contributed by atoms with Crippen LogP contribution < -0.4 is 0 Å². The van der Waals surface area contributed by atoms with Crippen LogP contribution in [0, 0.1) is 11.6 Å². The van der Waals surface area contributed by atoms with Gasteiger partial charge in [-0.15, -0.1) is 0 Å². The van der Waals surface area contributed by atoms with Crippen LogP contribution >= 0.6 is 15.9 Å². The number of likely N-dealkylation sites (N-methyl/N-ethyl adjacent to an activating group) is 1. The highest BCUT2D eigenvalue weighted by molar-refractivity contribution is 9.10. The van der Waals surface area contributed by atoms with Crippen LogP contribution in [0.15, 0.2) is 71.4 Å². The van der Waals surface area contributed by atoms with Crippen LogP contribution in [0.5, 0.6) is 0 Å². The highest BCUT2D eigenvalue weighted by atomic mass is 79.9. The van der Waals surface area contributed by atoms with Crippen LogP contribution in [-0.2, 0) is 0 Å². The topological polar surface area (TPSA) is 3.24 Å². The first kappa shape index (κ1) is 19.1. The lowest BCUT2D eigenvalue weighted by Gasteiger charge is -2.30. The van der Waals surface area contributed by atoms with Gasteiger partial charge in [-0.2, -0.15) is 0 Å². The summed E-state index contributed by atoms with van der Waals surface area (Å²) in [6.45, 7) is 7.93. The summed E-state index contributed by atoms with van der Waals surface area (Å²) in [6.07, 6.45) is 3.68. The summed E-state index contributed by atoms with van der Waals surface area (Å²) >= 11 is 3.12. The van der Waals surface area contributed by atoms with E-state index >= 15 is 0 Å². The van der Waals surface area contributed by atoms with Gasteiger partial charge in [0.1, 0.15) is 11.6 Å². The molecule has 2 aromatic carbocycles. The molecule has 0 N–H and O–H groups in total. The molecule has 130 valence electrons. The lowest BCUT2D eigenvalue weighted by atomic mass is 9.94. The van der Waals surface area contributed by atoms with Crippen LogP contribution in [0.25, 0.3) is 11.3 Å². The third kappa shape index (κ3) is 3.90. The molecule has 0 amide bonds. The normalized spacial score (nSPS) is 13.7. The van der Waals surface area contributed by atoms with Gasteiger partial charge >= 0.3 is 0 Å². The fraction of sp³-hybridized carbons (Fsp3) is 0.143. The Hall–Kier alpha value is -2.20. The first-order chi connectivity index (χ1) is 12.0. The molecule has 1 nitrogen and oxygen atoms in total. The second-order valence-corrected chi connectivity index (χ2v) is 6.17. The van der Waals surface area contributed by atoms with Gasteiger partial charge in [0.05, 0.1) is 11.3 Å². The summed E-state index contributed by atoms with van der Waals surface area (Å²) in [5.41, 5.74) is 2.72. The van der Waals surface area contributed by atoms with Gasteiger partial charge in [0.15, 0.2) is 0 Å².